The van der Waals surface area contributed by atoms with Crippen LogP contribution in [0.2, 0.25) is 0 Å². The van der Waals surface area contributed by atoms with Crippen LogP contribution in [-0.4, -0.2) is 39.1 Å². The molecule has 4 heterocycles. The van der Waals surface area contributed by atoms with Gasteiger partial charge in [-0.15, -0.1) is 0 Å². The molecule has 0 aromatic carbocycles. The average molecular weight is 447 g/mol. The number of carboxylic acid groups (broad SMARTS) is 1. The third kappa shape index (κ3) is 5.48. The molecule has 0 radical (unpaired) electrons. The number of rotatable bonds is 7. The number of nitrogens with zero attached hydrogens (tertiary/aromatic N) is 4. The zero-order valence-electron chi connectivity index (χ0n) is 19.4. The Morgan fingerprint density at radius 2 is 1.91 bits per heavy atom. The number of pyridine rings is 3. The molecule has 3 aromatic rings. The first-order chi connectivity index (χ1) is 15.8. The lowest BCUT2D eigenvalue weighted by Crippen LogP contribution is -2.38. The molecule has 1 aliphatic rings. The van der Waals surface area contributed by atoms with Gasteiger partial charge >= 0.3 is 5.97 Å². The predicted octanol–water partition coefficient (Wildman–Crippen LogP) is 4.68. The summed E-state index contributed by atoms with van der Waals surface area (Å²) in [5.41, 5.74) is 5.33. The highest BCUT2D eigenvalue weighted by molar-refractivity contribution is 5.83. The molecule has 33 heavy (non-hydrogen) atoms. The van der Waals surface area contributed by atoms with E-state index in [9.17, 15) is 9.90 Å². The Hall–Kier alpha value is -3.48. The minimum atomic E-state index is -0.859. The number of hydrogen-bond donors (Lipinski definition) is 1. The minimum Gasteiger partial charge on any atom is -0.487 e. The zero-order valence-corrected chi connectivity index (χ0v) is 19.4. The van der Waals surface area contributed by atoms with Crippen molar-refractivity contribution >= 4 is 11.7 Å². The molecule has 0 saturated carbocycles. The van der Waals surface area contributed by atoms with Gasteiger partial charge in [0.25, 0.3) is 0 Å². The highest BCUT2D eigenvalue weighted by Gasteiger charge is 2.29. The summed E-state index contributed by atoms with van der Waals surface area (Å²) in [6, 6.07) is 7.64. The van der Waals surface area contributed by atoms with Crippen LogP contribution in [0.15, 0.2) is 49.1 Å². The van der Waals surface area contributed by atoms with Crippen molar-refractivity contribution in [2.24, 2.45) is 5.41 Å². The molecule has 0 amide bonds. The molecule has 0 bridgehead atoms. The van der Waals surface area contributed by atoms with Gasteiger partial charge in [-0.2, -0.15) is 0 Å². The molecule has 172 valence electrons. The molecule has 7 nitrogen and oxygen atoms in total. The van der Waals surface area contributed by atoms with Gasteiger partial charge in [0.2, 0.25) is 0 Å². The van der Waals surface area contributed by atoms with Crippen molar-refractivity contribution in [1.29, 1.82) is 0 Å². The summed E-state index contributed by atoms with van der Waals surface area (Å²) in [6.45, 7) is 8.62. The summed E-state index contributed by atoms with van der Waals surface area (Å²) in [5, 5.41) is 9.57. The van der Waals surface area contributed by atoms with E-state index in [4.69, 9.17) is 4.74 Å². The number of carbonyl (C=O) groups is 1. The molecule has 0 unspecified atom stereocenters. The lowest BCUT2D eigenvalue weighted by atomic mass is 9.82. The van der Waals surface area contributed by atoms with Crippen molar-refractivity contribution in [2.75, 3.05) is 18.0 Å². The summed E-state index contributed by atoms with van der Waals surface area (Å²) in [4.78, 5) is 27.2. The maximum Gasteiger partial charge on any atom is 0.307 e. The lowest BCUT2D eigenvalue weighted by Gasteiger charge is -2.40. The van der Waals surface area contributed by atoms with E-state index in [1.54, 1.807) is 18.6 Å². The van der Waals surface area contributed by atoms with Crippen LogP contribution in [0.4, 0.5) is 5.69 Å². The van der Waals surface area contributed by atoms with Gasteiger partial charge in [-0.1, -0.05) is 19.9 Å². The van der Waals surface area contributed by atoms with Gasteiger partial charge in [0, 0.05) is 54.1 Å². The third-order valence-corrected chi connectivity index (χ3v) is 6.27. The molecule has 0 aliphatic carbocycles. The van der Waals surface area contributed by atoms with Crippen molar-refractivity contribution in [1.82, 2.24) is 15.0 Å². The van der Waals surface area contributed by atoms with E-state index in [2.05, 4.69) is 33.7 Å². The SMILES string of the molecule is Cc1ncc(-c2ccc(OCc3cccnc3)cn2)c(N2CCC(C)(C)CC2)c1CC(=O)O. The molecule has 1 N–H and O–H groups in total. The average Bonchev–Trinajstić information content (AvgIpc) is 2.80. The van der Waals surface area contributed by atoms with Crippen LogP contribution in [0.25, 0.3) is 11.3 Å². The number of aliphatic carboxylic acids is 1. The van der Waals surface area contributed by atoms with E-state index in [1.807, 2.05) is 37.4 Å². The Labute approximate surface area is 194 Å². The standard InChI is InChI=1S/C26H30N4O3/c1-18-21(13-24(31)32)25(30-11-8-26(2,3)9-12-30)22(16-28-18)23-7-6-20(15-29-23)33-17-19-5-4-10-27-14-19/h4-7,10,14-16H,8-9,11-13,17H2,1-3H3,(H,31,32). The Morgan fingerprint density at radius 3 is 2.55 bits per heavy atom. The van der Waals surface area contributed by atoms with Crippen molar-refractivity contribution < 1.29 is 14.6 Å². The lowest BCUT2D eigenvalue weighted by molar-refractivity contribution is -0.136. The van der Waals surface area contributed by atoms with E-state index >= 15 is 0 Å². The Bertz CT molecular complexity index is 1100. The summed E-state index contributed by atoms with van der Waals surface area (Å²) in [7, 11) is 0. The fraction of sp³-hybridized carbons (Fsp3) is 0.385. The van der Waals surface area contributed by atoms with Crippen LogP contribution in [-0.2, 0) is 17.8 Å². The molecule has 1 saturated heterocycles. The van der Waals surface area contributed by atoms with Gasteiger partial charge in [0.05, 0.1) is 24.0 Å². The van der Waals surface area contributed by atoms with Crippen LogP contribution < -0.4 is 9.64 Å². The second kappa shape index (κ2) is 9.57. The number of hydrogen-bond acceptors (Lipinski definition) is 6. The van der Waals surface area contributed by atoms with Crippen LogP contribution in [0.1, 0.15) is 43.5 Å². The van der Waals surface area contributed by atoms with Gasteiger partial charge < -0.3 is 14.7 Å². The minimum absolute atomic E-state index is 0.0613. The first kappa shape index (κ1) is 22.7. The van der Waals surface area contributed by atoms with Crippen molar-refractivity contribution in [3.05, 3.63) is 65.9 Å². The Balaban J connectivity index is 1.64. The first-order valence-corrected chi connectivity index (χ1v) is 11.3. The Morgan fingerprint density at radius 1 is 1.12 bits per heavy atom. The quantitative estimate of drug-likeness (QED) is 0.564. The van der Waals surface area contributed by atoms with Crippen LogP contribution in [0.3, 0.4) is 0 Å². The predicted molar refractivity (Wildman–Crippen MR) is 127 cm³/mol. The number of anilines is 1. The van der Waals surface area contributed by atoms with E-state index in [0.29, 0.717) is 12.4 Å². The summed E-state index contributed by atoms with van der Waals surface area (Å²) < 4.78 is 5.84. The smallest absolute Gasteiger partial charge is 0.307 e. The largest absolute Gasteiger partial charge is 0.487 e. The van der Waals surface area contributed by atoms with E-state index in [1.165, 1.54) is 0 Å². The molecule has 7 heteroatoms. The summed E-state index contributed by atoms with van der Waals surface area (Å²) in [5.74, 6) is -0.197. The maximum atomic E-state index is 11.7. The second-order valence-corrected chi connectivity index (χ2v) is 9.34. The first-order valence-electron chi connectivity index (χ1n) is 11.3. The van der Waals surface area contributed by atoms with Crippen molar-refractivity contribution in [3.63, 3.8) is 0 Å². The Kier molecular flexibility index (Phi) is 6.58. The normalized spacial score (nSPS) is 15.3. The van der Waals surface area contributed by atoms with Gasteiger partial charge in [0.15, 0.2) is 0 Å². The molecule has 3 aromatic heterocycles. The van der Waals surface area contributed by atoms with E-state index in [0.717, 1.165) is 59.7 Å². The maximum absolute atomic E-state index is 11.7. The molecule has 0 spiro atoms. The zero-order chi connectivity index (χ0) is 23.4. The van der Waals surface area contributed by atoms with Gasteiger partial charge in [-0.05, 0) is 43.4 Å². The fourth-order valence-corrected chi connectivity index (χ4v) is 4.16. The van der Waals surface area contributed by atoms with Crippen LogP contribution in [0.5, 0.6) is 5.75 Å². The molecular formula is C26H30N4O3. The molecular weight excluding hydrogens is 416 g/mol. The third-order valence-electron chi connectivity index (χ3n) is 6.27. The van der Waals surface area contributed by atoms with Crippen LogP contribution >= 0.6 is 0 Å². The van der Waals surface area contributed by atoms with Gasteiger partial charge in [0.1, 0.15) is 12.4 Å². The highest BCUT2D eigenvalue weighted by atomic mass is 16.5. The fourth-order valence-electron chi connectivity index (χ4n) is 4.16. The highest BCUT2D eigenvalue weighted by Crippen LogP contribution is 2.39. The molecule has 4 rings (SSSR count). The number of carboxylic acids is 1. The topological polar surface area (TPSA) is 88.4 Å². The molecule has 0 atom stereocenters. The number of aryl methyl sites for hydroxylation is 1. The number of ether oxygens (including phenoxy) is 1. The second-order valence-electron chi connectivity index (χ2n) is 9.34. The number of piperidine rings is 1. The molecule has 1 aliphatic heterocycles. The molecule has 1 fully saturated rings. The van der Waals surface area contributed by atoms with E-state index < -0.39 is 5.97 Å². The van der Waals surface area contributed by atoms with Crippen molar-refractivity contribution in [3.8, 4) is 17.0 Å². The van der Waals surface area contributed by atoms with Gasteiger partial charge in [-0.3, -0.25) is 19.7 Å². The monoisotopic (exact) mass is 446 g/mol. The van der Waals surface area contributed by atoms with E-state index in [-0.39, 0.29) is 11.8 Å². The number of aromatic nitrogens is 3. The summed E-state index contributed by atoms with van der Waals surface area (Å²) in [6.07, 6.45) is 9.06. The van der Waals surface area contributed by atoms with Gasteiger partial charge in [-0.25, -0.2) is 0 Å². The van der Waals surface area contributed by atoms with Crippen molar-refractivity contribution in [2.45, 2.75) is 46.6 Å². The van der Waals surface area contributed by atoms with Crippen LogP contribution in [0, 0.1) is 12.3 Å². The summed E-state index contributed by atoms with van der Waals surface area (Å²) >= 11 is 0.